The third kappa shape index (κ3) is 3.92. The minimum atomic E-state index is -0.843. The molecule has 0 radical (unpaired) electrons. The third-order valence-corrected chi connectivity index (χ3v) is 2.69. The Balaban J connectivity index is 2.67. The van der Waals surface area contributed by atoms with E-state index in [0.717, 1.165) is 6.07 Å². The van der Waals surface area contributed by atoms with Gasteiger partial charge in [0.1, 0.15) is 11.2 Å². The zero-order chi connectivity index (χ0) is 13.7. The second-order valence-electron chi connectivity index (χ2n) is 3.05. The molecule has 0 N–H and O–H groups in total. The van der Waals surface area contributed by atoms with Gasteiger partial charge in [-0.25, -0.2) is 14.2 Å². The van der Waals surface area contributed by atoms with Crippen molar-refractivity contribution < 1.29 is 23.5 Å². The minimum absolute atomic E-state index is 0.0811. The first-order valence-electron chi connectivity index (χ1n) is 4.71. The average molecular weight is 341 g/mol. The van der Waals surface area contributed by atoms with Crippen molar-refractivity contribution in [1.29, 1.82) is 0 Å². The van der Waals surface area contributed by atoms with Gasteiger partial charge in [0.2, 0.25) is 0 Å². The van der Waals surface area contributed by atoms with Crippen LogP contribution in [0.5, 0.6) is 0 Å². The predicted octanol–water partition coefficient (Wildman–Crippen LogP) is 2.36. The van der Waals surface area contributed by atoms with Crippen molar-refractivity contribution in [3.63, 3.8) is 0 Å². The SMILES string of the molecule is COC(=O)CCOC(=O)c1nc(Br)c(F)cc1Cl. The quantitative estimate of drug-likeness (QED) is 0.622. The van der Waals surface area contributed by atoms with E-state index in [1.165, 1.54) is 7.11 Å². The Morgan fingerprint density at radius 3 is 2.83 bits per heavy atom. The lowest BCUT2D eigenvalue weighted by molar-refractivity contribution is -0.141. The van der Waals surface area contributed by atoms with Crippen molar-refractivity contribution in [3.05, 3.63) is 27.2 Å². The van der Waals surface area contributed by atoms with E-state index in [-0.39, 0.29) is 28.3 Å². The molecule has 0 aromatic carbocycles. The van der Waals surface area contributed by atoms with Crippen LogP contribution in [0.2, 0.25) is 5.02 Å². The lowest BCUT2D eigenvalue weighted by Gasteiger charge is -2.05. The Kier molecular flexibility index (Phi) is 5.49. The second-order valence-corrected chi connectivity index (χ2v) is 4.21. The third-order valence-electron chi connectivity index (χ3n) is 1.85. The van der Waals surface area contributed by atoms with Gasteiger partial charge in [-0.2, -0.15) is 0 Å². The number of carbonyl (C=O) groups is 2. The minimum Gasteiger partial charge on any atom is -0.469 e. The van der Waals surface area contributed by atoms with Crippen LogP contribution in [0.25, 0.3) is 0 Å². The molecule has 1 aromatic rings. The molecule has 1 heterocycles. The van der Waals surface area contributed by atoms with E-state index in [0.29, 0.717) is 0 Å². The van der Waals surface area contributed by atoms with Gasteiger partial charge in [-0.3, -0.25) is 4.79 Å². The monoisotopic (exact) mass is 339 g/mol. The Morgan fingerprint density at radius 1 is 1.56 bits per heavy atom. The highest BCUT2D eigenvalue weighted by molar-refractivity contribution is 9.10. The maximum atomic E-state index is 13.0. The number of hydrogen-bond acceptors (Lipinski definition) is 5. The summed E-state index contributed by atoms with van der Waals surface area (Å²) in [5.74, 6) is -2.04. The molecule has 5 nitrogen and oxygen atoms in total. The zero-order valence-corrected chi connectivity index (χ0v) is 11.5. The van der Waals surface area contributed by atoms with Crippen LogP contribution in [-0.4, -0.2) is 30.6 Å². The highest BCUT2D eigenvalue weighted by Gasteiger charge is 2.17. The molecule has 0 fully saturated rings. The fourth-order valence-corrected chi connectivity index (χ4v) is 1.49. The van der Waals surface area contributed by atoms with Gasteiger partial charge in [-0.1, -0.05) is 11.6 Å². The first kappa shape index (κ1) is 14.8. The van der Waals surface area contributed by atoms with Crippen LogP contribution in [0.15, 0.2) is 10.7 Å². The lowest BCUT2D eigenvalue weighted by Crippen LogP contribution is -2.13. The molecule has 18 heavy (non-hydrogen) atoms. The first-order valence-corrected chi connectivity index (χ1v) is 5.88. The Labute approximate surface area is 115 Å². The summed E-state index contributed by atoms with van der Waals surface area (Å²) in [4.78, 5) is 25.9. The molecule has 1 aromatic heterocycles. The normalized spacial score (nSPS) is 10.0. The largest absolute Gasteiger partial charge is 0.469 e. The van der Waals surface area contributed by atoms with Gasteiger partial charge in [-0.05, 0) is 22.0 Å². The topological polar surface area (TPSA) is 65.5 Å². The Morgan fingerprint density at radius 2 is 2.22 bits per heavy atom. The summed E-state index contributed by atoms with van der Waals surface area (Å²) in [7, 11) is 1.22. The van der Waals surface area contributed by atoms with E-state index >= 15 is 0 Å². The lowest BCUT2D eigenvalue weighted by atomic mass is 10.3. The van der Waals surface area contributed by atoms with Crippen molar-refractivity contribution in [2.24, 2.45) is 0 Å². The fraction of sp³-hybridized carbons (Fsp3) is 0.300. The molecule has 0 amide bonds. The summed E-state index contributed by atoms with van der Waals surface area (Å²) in [5, 5.41) is -0.168. The summed E-state index contributed by atoms with van der Waals surface area (Å²) in [6, 6.07) is 0.940. The Hall–Kier alpha value is -1.21. The number of methoxy groups -OCH3 is 1. The van der Waals surface area contributed by atoms with Crippen LogP contribution >= 0.6 is 27.5 Å². The van der Waals surface area contributed by atoms with Crippen molar-refractivity contribution in [1.82, 2.24) is 4.98 Å². The average Bonchev–Trinajstić information content (AvgIpc) is 2.33. The van der Waals surface area contributed by atoms with E-state index in [2.05, 4.69) is 25.7 Å². The molecule has 0 aliphatic heterocycles. The molecule has 0 saturated heterocycles. The molecule has 0 aliphatic rings. The maximum Gasteiger partial charge on any atom is 0.358 e. The van der Waals surface area contributed by atoms with Crippen LogP contribution < -0.4 is 0 Å². The van der Waals surface area contributed by atoms with Crippen molar-refractivity contribution in [3.8, 4) is 0 Å². The smallest absolute Gasteiger partial charge is 0.358 e. The van der Waals surface area contributed by atoms with Gasteiger partial charge in [-0.15, -0.1) is 0 Å². The Bertz CT molecular complexity index is 483. The number of esters is 2. The molecule has 98 valence electrons. The predicted molar refractivity (Wildman–Crippen MR) is 63.8 cm³/mol. The van der Waals surface area contributed by atoms with E-state index in [1.54, 1.807) is 0 Å². The van der Waals surface area contributed by atoms with Crippen molar-refractivity contribution in [2.45, 2.75) is 6.42 Å². The summed E-state index contributed by atoms with van der Waals surface area (Å²) in [6.07, 6.45) is -0.0811. The van der Waals surface area contributed by atoms with Crippen LogP contribution in [0.3, 0.4) is 0 Å². The van der Waals surface area contributed by atoms with Gasteiger partial charge in [0, 0.05) is 0 Å². The molecule has 0 saturated carbocycles. The number of aromatic nitrogens is 1. The molecule has 0 aliphatic carbocycles. The van der Waals surface area contributed by atoms with Crippen LogP contribution in [0, 0.1) is 5.82 Å². The van der Waals surface area contributed by atoms with Gasteiger partial charge < -0.3 is 9.47 Å². The van der Waals surface area contributed by atoms with Crippen LogP contribution in [0.1, 0.15) is 16.9 Å². The standard InChI is InChI=1S/C10H8BrClFNO4/c1-17-7(15)2-3-18-10(16)8-5(12)4-6(13)9(11)14-8/h4H,2-3H2,1H3. The molecule has 0 unspecified atom stereocenters. The first-order chi connectivity index (χ1) is 8.45. The van der Waals surface area contributed by atoms with Gasteiger partial charge >= 0.3 is 11.9 Å². The van der Waals surface area contributed by atoms with Crippen LogP contribution in [-0.2, 0) is 14.3 Å². The molecular formula is C10H8BrClFNO4. The fourth-order valence-electron chi connectivity index (χ4n) is 0.985. The number of carbonyl (C=O) groups excluding carboxylic acids is 2. The molecular weight excluding hydrogens is 332 g/mol. The number of halogens is 3. The van der Waals surface area contributed by atoms with Crippen molar-refractivity contribution >= 4 is 39.5 Å². The van der Waals surface area contributed by atoms with E-state index < -0.39 is 17.8 Å². The van der Waals surface area contributed by atoms with E-state index in [1.807, 2.05) is 0 Å². The second kappa shape index (κ2) is 6.65. The number of rotatable bonds is 4. The van der Waals surface area contributed by atoms with Gasteiger partial charge in [0.05, 0.1) is 18.6 Å². The number of pyridine rings is 1. The number of hydrogen-bond donors (Lipinski definition) is 0. The highest BCUT2D eigenvalue weighted by Crippen LogP contribution is 2.21. The maximum absolute atomic E-state index is 13.0. The highest BCUT2D eigenvalue weighted by atomic mass is 79.9. The summed E-state index contributed by atoms with van der Waals surface area (Å²) in [5.41, 5.74) is -0.227. The zero-order valence-electron chi connectivity index (χ0n) is 9.21. The molecule has 1 rings (SSSR count). The van der Waals surface area contributed by atoms with Gasteiger partial charge in [0.25, 0.3) is 0 Å². The number of nitrogens with zero attached hydrogens (tertiary/aromatic N) is 1. The van der Waals surface area contributed by atoms with Crippen molar-refractivity contribution in [2.75, 3.05) is 13.7 Å². The van der Waals surface area contributed by atoms with Crippen LogP contribution in [0.4, 0.5) is 4.39 Å². The molecule has 0 bridgehead atoms. The van der Waals surface area contributed by atoms with Gasteiger partial charge in [0.15, 0.2) is 11.5 Å². The van der Waals surface area contributed by atoms with E-state index in [9.17, 15) is 14.0 Å². The molecule has 0 atom stereocenters. The van der Waals surface area contributed by atoms with E-state index in [4.69, 9.17) is 16.3 Å². The number of ether oxygens (including phenoxy) is 2. The summed E-state index contributed by atoms with van der Waals surface area (Å²) in [6.45, 7) is -0.168. The summed E-state index contributed by atoms with van der Waals surface area (Å²) >= 11 is 8.47. The molecule has 8 heteroatoms. The summed E-state index contributed by atoms with van der Waals surface area (Å²) < 4.78 is 22.0. The molecule has 0 spiro atoms.